The van der Waals surface area contributed by atoms with Crippen molar-refractivity contribution >= 4 is 5.97 Å². The summed E-state index contributed by atoms with van der Waals surface area (Å²) in [5.74, 6) is 0.754. The SMILES string of the molecule is CCOC(=O)CCCCC(N)c1ccc(OC)c(C)c1. The lowest BCUT2D eigenvalue weighted by Gasteiger charge is -2.14. The van der Waals surface area contributed by atoms with Gasteiger partial charge in [0.1, 0.15) is 5.75 Å². The van der Waals surface area contributed by atoms with Crippen LogP contribution >= 0.6 is 0 Å². The Morgan fingerprint density at radius 1 is 1.35 bits per heavy atom. The highest BCUT2D eigenvalue weighted by Crippen LogP contribution is 2.24. The van der Waals surface area contributed by atoms with Crippen LogP contribution in [0.1, 0.15) is 49.8 Å². The number of hydrogen-bond donors (Lipinski definition) is 1. The molecule has 0 heterocycles. The molecule has 0 fully saturated rings. The molecule has 0 spiro atoms. The van der Waals surface area contributed by atoms with Gasteiger partial charge in [0.15, 0.2) is 0 Å². The highest BCUT2D eigenvalue weighted by molar-refractivity contribution is 5.69. The summed E-state index contributed by atoms with van der Waals surface area (Å²) < 4.78 is 10.1. The second-order valence-electron chi connectivity index (χ2n) is 4.89. The Morgan fingerprint density at radius 2 is 2.10 bits per heavy atom. The molecule has 0 aliphatic rings. The number of aryl methyl sites for hydroxylation is 1. The summed E-state index contributed by atoms with van der Waals surface area (Å²) in [7, 11) is 1.66. The largest absolute Gasteiger partial charge is 0.496 e. The molecule has 2 N–H and O–H groups in total. The van der Waals surface area contributed by atoms with Crippen molar-refractivity contribution in [2.75, 3.05) is 13.7 Å². The molecule has 0 aliphatic carbocycles. The minimum atomic E-state index is -0.124. The summed E-state index contributed by atoms with van der Waals surface area (Å²) >= 11 is 0. The number of methoxy groups -OCH3 is 1. The fourth-order valence-corrected chi connectivity index (χ4v) is 2.17. The standard InChI is InChI=1S/C16H25NO3/c1-4-20-16(18)8-6-5-7-14(17)13-9-10-15(19-3)12(2)11-13/h9-11,14H,4-8,17H2,1-3H3. The zero-order chi connectivity index (χ0) is 15.0. The van der Waals surface area contributed by atoms with Crippen LogP contribution in [-0.4, -0.2) is 19.7 Å². The van der Waals surface area contributed by atoms with Crippen LogP contribution in [0, 0.1) is 6.92 Å². The van der Waals surface area contributed by atoms with Crippen LogP contribution in [-0.2, 0) is 9.53 Å². The number of hydrogen-bond acceptors (Lipinski definition) is 4. The fraction of sp³-hybridized carbons (Fsp3) is 0.562. The lowest BCUT2D eigenvalue weighted by molar-refractivity contribution is -0.143. The second-order valence-corrected chi connectivity index (χ2v) is 4.89. The third kappa shape index (κ3) is 5.21. The maximum atomic E-state index is 11.2. The van der Waals surface area contributed by atoms with E-state index in [-0.39, 0.29) is 12.0 Å². The molecule has 1 rings (SSSR count). The molecule has 4 nitrogen and oxygen atoms in total. The first kappa shape index (κ1) is 16.5. The zero-order valence-corrected chi connectivity index (χ0v) is 12.6. The summed E-state index contributed by atoms with van der Waals surface area (Å²) in [6.07, 6.45) is 3.08. The predicted octanol–water partition coefficient (Wildman–Crippen LogP) is 3.13. The fourth-order valence-electron chi connectivity index (χ4n) is 2.17. The Kier molecular flexibility index (Phi) is 7.09. The van der Waals surface area contributed by atoms with Crippen molar-refractivity contribution in [2.24, 2.45) is 5.73 Å². The Labute approximate surface area is 121 Å². The Bertz CT molecular complexity index is 432. The third-order valence-corrected chi connectivity index (χ3v) is 3.30. The maximum absolute atomic E-state index is 11.2. The molecule has 0 saturated heterocycles. The van der Waals surface area contributed by atoms with Crippen LogP contribution in [0.5, 0.6) is 5.75 Å². The van der Waals surface area contributed by atoms with Gasteiger partial charge in [0.05, 0.1) is 13.7 Å². The van der Waals surface area contributed by atoms with Crippen LogP contribution in [0.15, 0.2) is 18.2 Å². The topological polar surface area (TPSA) is 61.5 Å². The van der Waals surface area contributed by atoms with Gasteiger partial charge in [0.2, 0.25) is 0 Å². The van der Waals surface area contributed by atoms with Gasteiger partial charge in [-0.25, -0.2) is 0 Å². The molecule has 0 bridgehead atoms. The van der Waals surface area contributed by atoms with E-state index in [1.54, 1.807) is 7.11 Å². The van der Waals surface area contributed by atoms with E-state index in [2.05, 4.69) is 6.07 Å². The maximum Gasteiger partial charge on any atom is 0.305 e. The third-order valence-electron chi connectivity index (χ3n) is 3.30. The van der Waals surface area contributed by atoms with Gasteiger partial charge in [0.25, 0.3) is 0 Å². The number of unbranched alkanes of at least 4 members (excludes halogenated alkanes) is 1. The van der Waals surface area contributed by atoms with Gasteiger partial charge in [-0.3, -0.25) is 4.79 Å². The van der Waals surface area contributed by atoms with Crippen molar-refractivity contribution in [1.82, 2.24) is 0 Å². The minimum absolute atomic E-state index is 0.00167. The first-order valence-electron chi connectivity index (χ1n) is 7.14. The lowest BCUT2D eigenvalue weighted by Crippen LogP contribution is -2.11. The van der Waals surface area contributed by atoms with Gasteiger partial charge in [0, 0.05) is 12.5 Å². The first-order valence-corrected chi connectivity index (χ1v) is 7.14. The molecule has 20 heavy (non-hydrogen) atoms. The number of rotatable bonds is 8. The van der Waals surface area contributed by atoms with E-state index in [1.165, 1.54) is 0 Å². The van der Waals surface area contributed by atoms with Crippen molar-refractivity contribution in [3.63, 3.8) is 0 Å². The number of benzene rings is 1. The summed E-state index contributed by atoms with van der Waals surface area (Å²) in [5.41, 5.74) is 8.37. The summed E-state index contributed by atoms with van der Waals surface area (Å²) in [5, 5.41) is 0. The Morgan fingerprint density at radius 3 is 2.70 bits per heavy atom. The molecule has 1 unspecified atom stereocenters. The van der Waals surface area contributed by atoms with E-state index in [9.17, 15) is 4.79 Å². The lowest BCUT2D eigenvalue weighted by atomic mass is 9.99. The van der Waals surface area contributed by atoms with Crippen molar-refractivity contribution < 1.29 is 14.3 Å². The van der Waals surface area contributed by atoms with Crippen molar-refractivity contribution in [3.05, 3.63) is 29.3 Å². The number of carbonyl (C=O) groups excluding carboxylic acids is 1. The van der Waals surface area contributed by atoms with Crippen LogP contribution in [0.4, 0.5) is 0 Å². The molecule has 1 atom stereocenters. The monoisotopic (exact) mass is 279 g/mol. The number of nitrogens with two attached hydrogens (primary N) is 1. The van der Waals surface area contributed by atoms with E-state index >= 15 is 0 Å². The highest BCUT2D eigenvalue weighted by atomic mass is 16.5. The molecule has 0 aliphatic heterocycles. The molecule has 0 aromatic heterocycles. The summed E-state index contributed by atoms with van der Waals surface area (Å²) in [6, 6.07) is 6.02. The van der Waals surface area contributed by atoms with Crippen molar-refractivity contribution in [2.45, 2.75) is 45.6 Å². The van der Waals surface area contributed by atoms with Crippen LogP contribution in [0.3, 0.4) is 0 Å². The van der Waals surface area contributed by atoms with Crippen LogP contribution < -0.4 is 10.5 Å². The minimum Gasteiger partial charge on any atom is -0.496 e. The van der Waals surface area contributed by atoms with Gasteiger partial charge in [-0.2, -0.15) is 0 Å². The van der Waals surface area contributed by atoms with Crippen LogP contribution in [0.25, 0.3) is 0 Å². The number of ether oxygens (including phenoxy) is 2. The van der Waals surface area contributed by atoms with Gasteiger partial charge in [-0.1, -0.05) is 18.6 Å². The first-order chi connectivity index (χ1) is 9.58. The zero-order valence-electron chi connectivity index (χ0n) is 12.6. The van der Waals surface area contributed by atoms with Crippen molar-refractivity contribution in [3.8, 4) is 5.75 Å². The molecule has 0 amide bonds. The molecule has 0 radical (unpaired) electrons. The Balaban J connectivity index is 2.37. The van der Waals surface area contributed by atoms with Gasteiger partial charge in [-0.05, 0) is 43.9 Å². The predicted molar refractivity (Wildman–Crippen MR) is 79.8 cm³/mol. The molecule has 0 saturated carbocycles. The Hall–Kier alpha value is -1.55. The number of esters is 1. The summed E-state index contributed by atoms with van der Waals surface area (Å²) in [4.78, 5) is 11.2. The smallest absolute Gasteiger partial charge is 0.305 e. The quantitative estimate of drug-likeness (QED) is 0.586. The van der Waals surface area contributed by atoms with E-state index in [1.807, 2.05) is 26.0 Å². The average molecular weight is 279 g/mol. The molecular formula is C16H25NO3. The van der Waals surface area contributed by atoms with Crippen LogP contribution in [0.2, 0.25) is 0 Å². The molecule has 4 heteroatoms. The normalized spacial score (nSPS) is 12.0. The second kappa shape index (κ2) is 8.59. The molecule has 1 aromatic rings. The summed E-state index contributed by atoms with van der Waals surface area (Å²) in [6.45, 7) is 4.28. The van der Waals surface area contributed by atoms with E-state index in [4.69, 9.17) is 15.2 Å². The van der Waals surface area contributed by atoms with Crippen molar-refractivity contribution in [1.29, 1.82) is 0 Å². The highest BCUT2D eigenvalue weighted by Gasteiger charge is 2.09. The number of carbonyl (C=O) groups is 1. The average Bonchev–Trinajstić information content (AvgIpc) is 2.43. The molecular weight excluding hydrogens is 254 g/mol. The van der Waals surface area contributed by atoms with Gasteiger partial charge < -0.3 is 15.2 Å². The van der Waals surface area contributed by atoms with E-state index < -0.39 is 0 Å². The van der Waals surface area contributed by atoms with Gasteiger partial charge >= 0.3 is 5.97 Å². The van der Waals surface area contributed by atoms with Gasteiger partial charge in [-0.15, -0.1) is 0 Å². The molecule has 1 aromatic carbocycles. The van der Waals surface area contributed by atoms with E-state index in [0.29, 0.717) is 13.0 Å². The molecule has 112 valence electrons. The van der Waals surface area contributed by atoms with E-state index in [0.717, 1.165) is 36.1 Å².